The molecule has 0 saturated heterocycles. The quantitative estimate of drug-likeness (QED) is 0.232. The second-order valence-corrected chi connectivity index (χ2v) is 5.03. The summed E-state index contributed by atoms with van der Waals surface area (Å²) in [6.45, 7) is 1.94. The van der Waals surface area contributed by atoms with Gasteiger partial charge in [0.05, 0.1) is 22.0 Å². The van der Waals surface area contributed by atoms with Crippen LogP contribution in [-0.2, 0) is 0 Å². The van der Waals surface area contributed by atoms with Crippen molar-refractivity contribution < 1.29 is 4.92 Å². The number of nitrogens with zero attached hydrogens (tertiary/aromatic N) is 4. The zero-order valence-electron chi connectivity index (χ0n) is 11.8. The predicted octanol–water partition coefficient (Wildman–Crippen LogP) is 5.50. The van der Waals surface area contributed by atoms with E-state index in [1.165, 1.54) is 12.1 Å². The molecule has 112 valence electrons. The van der Waals surface area contributed by atoms with Crippen molar-refractivity contribution in [3.05, 3.63) is 58.6 Å². The third-order valence-electron chi connectivity index (χ3n) is 2.70. The molecular formula is C15H13BrN4O2. The van der Waals surface area contributed by atoms with Crippen molar-refractivity contribution in [2.45, 2.75) is 6.92 Å². The summed E-state index contributed by atoms with van der Waals surface area (Å²) in [4.78, 5) is 14.5. The highest BCUT2D eigenvalue weighted by Crippen LogP contribution is 2.23. The monoisotopic (exact) mass is 360 g/mol. The van der Waals surface area contributed by atoms with Crippen LogP contribution in [-0.4, -0.2) is 16.0 Å². The summed E-state index contributed by atoms with van der Waals surface area (Å²) in [5.74, 6) is 0. The standard InChI is InChI=1S/C15H13BrN4O2/c1-11(10-16)17-12-2-4-13(5-3-12)18-19-14-6-8-15(9-7-14)20(21)22/h2-9H,10H2,1H3. The van der Waals surface area contributed by atoms with Crippen molar-refractivity contribution in [3.63, 3.8) is 0 Å². The summed E-state index contributed by atoms with van der Waals surface area (Å²) >= 11 is 3.34. The maximum Gasteiger partial charge on any atom is 0.269 e. The van der Waals surface area contributed by atoms with Crippen LogP contribution in [0, 0.1) is 10.1 Å². The molecule has 0 saturated carbocycles. The number of nitro groups is 1. The molecule has 0 N–H and O–H groups in total. The number of rotatable bonds is 5. The van der Waals surface area contributed by atoms with Gasteiger partial charge < -0.3 is 0 Å². The van der Waals surface area contributed by atoms with Gasteiger partial charge in [-0.2, -0.15) is 10.2 Å². The van der Waals surface area contributed by atoms with Gasteiger partial charge in [0.2, 0.25) is 0 Å². The first kappa shape index (κ1) is 16.0. The molecule has 0 aromatic heterocycles. The van der Waals surface area contributed by atoms with Crippen molar-refractivity contribution in [2.24, 2.45) is 15.2 Å². The highest BCUT2D eigenvalue weighted by atomic mass is 79.9. The van der Waals surface area contributed by atoms with Crippen molar-refractivity contribution in [3.8, 4) is 0 Å². The van der Waals surface area contributed by atoms with Crippen molar-refractivity contribution in [1.29, 1.82) is 0 Å². The Morgan fingerprint density at radius 3 is 1.91 bits per heavy atom. The number of azo groups is 1. The normalized spacial score (nSPS) is 11.8. The smallest absolute Gasteiger partial charge is 0.258 e. The lowest BCUT2D eigenvalue weighted by atomic mass is 10.3. The highest BCUT2D eigenvalue weighted by molar-refractivity contribution is 9.09. The van der Waals surface area contributed by atoms with Gasteiger partial charge in [0, 0.05) is 23.2 Å². The van der Waals surface area contributed by atoms with Crippen molar-refractivity contribution in [2.75, 3.05) is 5.33 Å². The third-order valence-corrected chi connectivity index (χ3v) is 3.52. The fourth-order valence-corrected chi connectivity index (χ4v) is 1.73. The minimum atomic E-state index is -0.449. The maximum absolute atomic E-state index is 10.6. The second kappa shape index (κ2) is 7.56. The van der Waals surface area contributed by atoms with E-state index in [-0.39, 0.29) is 5.69 Å². The SMILES string of the molecule is CC(CBr)=Nc1ccc(N=Nc2ccc([N+](=O)[O-])cc2)cc1. The van der Waals surface area contributed by atoms with Gasteiger partial charge in [-0.05, 0) is 43.3 Å². The molecule has 0 fully saturated rings. The number of nitro benzene ring substituents is 1. The first-order valence-electron chi connectivity index (χ1n) is 6.45. The van der Waals surface area contributed by atoms with Gasteiger partial charge >= 0.3 is 0 Å². The van der Waals surface area contributed by atoms with Gasteiger partial charge in [-0.25, -0.2) is 0 Å². The van der Waals surface area contributed by atoms with Crippen LogP contribution in [0.1, 0.15) is 6.92 Å². The van der Waals surface area contributed by atoms with Gasteiger partial charge in [0.15, 0.2) is 0 Å². The predicted molar refractivity (Wildman–Crippen MR) is 90.3 cm³/mol. The van der Waals surface area contributed by atoms with E-state index in [0.29, 0.717) is 11.4 Å². The molecule has 22 heavy (non-hydrogen) atoms. The minimum Gasteiger partial charge on any atom is -0.258 e. The molecule has 0 aliphatic heterocycles. The maximum atomic E-state index is 10.6. The first-order valence-corrected chi connectivity index (χ1v) is 7.57. The number of hydrogen-bond donors (Lipinski definition) is 0. The van der Waals surface area contributed by atoms with Crippen LogP contribution in [0.5, 0.6) is 0 Å². The van der Waals surface area contributed by atoms with E-state index in [1.54, 1.807) is 12.1 Å². The van der Waals surface area contributed by atoms with Gasteiger partial charge in [-0.15, -0.1) is 0 Å². The zero-order chi connectivity index (χ0) is 15.9. The van der Waals surface area contributed by atoms with Crippen molar-refractivity contribution >= 4 is 44.4 Å². The third kappa shape index (κ3) is 4.56. The second-order valence-electron chi connectivity index (χ2n) is 4.47. The Kier molecular flexibility index (Phi) is 5.48. The van der Waals surface area contributed by atoms with E-state index in [0.717, 1.165) is 16.7 Å². The molecule has 0 aliphatic carbocycles. The molecule has 6 nitrogen and oxygen atoms in total. The van der Waals surface area contributed by atoms with Crippen LogP contribution in [0.15, 0.2) is 63.8 Å². The van der Waals surface area contributed by atoms with Crippen LogP contribution in [0.4, 0.5) is 22.7 Å². The lowest BCUT2D eigenvalue weighted by Crippen LogP contribution is -1.89. The molecule has 2 aromatic carbocycles. The van der Waals surface area contributed by atoms with E-state index < -0.39 is 4.92 Å². The molecule has 0 radical (unpaired) electrons. The highest BCUT2D eigenvalue weighted by Gasteiger charge is 2.03. The number of alkyl halides is 1. The Morgan fingerprint density at radius 1 is 1.00 bits per heavy atom. The fourth-order valence-electron chi connectivity index (χ4n) is 1.60. The molecule has 0 bridgehead atoms. The number of hydrogen-bond acceptors (Lipinski definition) is 5. The van der Waals surface area contributed by atoms with Gasteiger partial charge in [0.1, 0.15) is 0 Å². The van der Waals surface area contributed by atoms with E-state index in [2.05, 4.69) is 31.2 Å². The Morgan fingerprint density at radius 2 is 1.45 bits per heavy atom. The lowest BCUT2D eigenvalue weighted by molar-refractivity contribution is -0.384. The topological polar surface area (TPSA) is 80.2 Å². The summed E-state index contributed by atoms with van der Waals surface area (Å²) in [6, 6.07) is 13.3. The Hall–Kier alpha value is -2.41. The average Bonchev–Trinajstić information content (AvgIpc) is 2.54. The molecule has 0 amide bonds. The Bertz CT molecular complexity index is 709. The zero-order valence-corrected chi connectivity index (χ0v) is 13.4. The van der Waals surface area contributed by atoms with Crippen LogP contribution in [0.2, 0.25) is 0 Å². The number of halogens is 1. The molecule has 0 atom stereocenters. The molecule has 0 spiro atoms. The van der Waals surface area contributed by atoms with Crippen LogP contribution < -0.4 is 0 Å². The Balaban J connectivity index is 2.08. The minimum absolute atomic E-state index is 0.0309. The van der Waals surface area contributed by atoms with E-state index >= 15 is 0 Å². The van der Waals surface area contributed by atoms with E-state index in [4.69, 9.17) is 0 Å². The lowest BCUT2D eigenvalue weighted by Gasteiger charge is -1.97. The van der Waals surface area contributed by atoms with E-state index in [9.17, 15) is 10.1 Å². The summed E-state index contributed by atoms with van der Waals surface area (Å²) in [6.07, 6.45) is 0. The van der Waals surface area contributed by atoms with Gasteiger partial charge in [0.25, 0.3) is 5.69 Å². The molecular weight excluding hydrogens is 348 g/mol. The summed E-state index contributed by atoms with van der Waals surface area (Å²) < 4.78 is 0. The number of benzene rings is 2. The average molecular weight is 361 g/mol. The van der Waals surface area contributed by atoms with E-state index in [1.807, 2.05) is 31.2 Å². The molecule has 0 heterocycles. The number of non-ortho nitro benzene ring substituents is 1. The molecule has 0 aliphatic rings. The summed E-state index contributed by atoms with van der Waals surface area (Å²) in [7, 11) is 0. The Labute approximate surface area is 135 Å². The van der Waals surface area contributed by atoms with Gasteiger partial charge in [-0.3, -0.25) is 15.1 Å². The largest absolute Gasteiger partial charge is 0.269 e. The summed E-state index contributed by atoms with van der Waals surface area (Å²) in [5.41, 5.74) is 3.12. The molecule has 2 aromatic rings. The first-order chi connectivity index (χ1) is 10.6. The van der Waals surface area contributed by atoms with Crippen LogP contribution >= 0.6 is 15.9 Å². The molecule has 7 heteroatoms. The van der Waals surface area contributed by atoms with Crippen molar-refractivity contribution in [1.82, 2.24) is 0 Å². The molecule has 0 unspecified atom stereocenters. The number of aliphatic imine (C=N–C) groups is 1. The summed E-state index contributed by atoms with van der Waals surface area (Å²) in [5, 5.41) is 19.4. The molecule has 2 rings (SSSR count). The van der Waals surface area contributed by atoms with Gasteiger partial charge in [-0.1, -0.05) is 15.9 Å². The van der Waals surface area contributed by atoms with Crippen LogP contribution in [0.3, 0.4) is 0 Å². The van der Waals surface area contributed by atoms with Crippen LogP contribution in [0.25, 0.3) is 0 Å². The fraction of sp³-hybridized carbons (Fsp3) is 0.133.